The summed E-state index contributed by atoms with van der Waals surface area (Å²) >= 11 is 13.6. The largest absolute Gasteiger partial charge is 0.469 e. The molecule has 0 aliphatic carbocycles. The average molecular weight is 706 g/mol. The highest BCUT2D eigenvalue weighted by Gasteiger charge is 2.41. The molecule has 2 amide bonds. The second kappa shape index (κ2) is 14.3. The van der Waals surface area contributed by atoms with Gasteiger partial charge in [-0.25, -0.2) is 13.4 Å². The minimum absolute atomic E-state index is 0.129. The predicted octanol–water partition coefficient (Wildman–Crippen LogP) is 5.05. The summed E-state index contributed by atoms with van der Waals surface area (Å²) in [5.74, 6) is -2.11. The van der Waals surface area contributed by atoms with Gasteiger partial charge in [-0.2, -0.15) is 17.9 Å². The van der Waals surface area contributed by atoms with Crippen LogP contribution in [0.3, 0.4) is 0 Å². The van der Waals surface area contributed by atoms with Crippen molar-refractivity contribution in [2.45, 2.75) is 76.6 Å². The van der Waals surface area contributed by atoms with Gasteiger partial charge in [0.1, 0.15) is 10.9 Å². The monoisotopic (exact) mass is 704 g/mol. The molecule has 18 heteroatoms. The second-order valence-corrected chi connectivity index (χ2v) is 14.3. The number of sulfonamides is 1. The molecule has 1 aromatic heterocycles. The molecule has 1 unspecified atom stereocenters. The lowest BCUT2D eigenvalue weighted by Crippen LogP contribution is -2.44. The van der Waals surface area contributed by atoms with Crippen LogP contribution in [0.4, 0.5) is 13.2 Å². The van der Waals surface area contributed by atoms with Crippen LogP contribution in [-0.2, 0) is 35.5 Å². The molecule has 3 N–H and O–H groups in total. The Balaban J connectivity index is 2.47. The number of benzene rings is 1. The van der Waals surface area contributed by atoms with E-state index in [1.807, 2.05) is 0 Å². The number of carbonyl (C=O) groups excluding carboxylic acids is 3. The number of hydrogen-bond donors (Lipinski definition) is 3. The third-order valence-corrected chi connectivity index (χ3v) is 10.0. The highest BCUT2D eigenvalue weighted by molar-refractivity contribution is 7.89. The molecule has 0 saturated carbocycles. The summed E-state index contributed by atoms with van der Waals surface area (Å²) in [5, 5.41) is -0.971. The quantitative estimate of drug-likeness (QED) is 0.205. The number of halogens is 5. The Morgan fingerprint density at radius 3 is 2.18 bits per heavy atom. The van der Waals surface area contributed by atoms with Crippen LogP contribution in [0.1, 0.15) is 63.0 Å². The highest BCUT2D eigenvalue weighted by Crippen LogP contribution is 2.42. The Kier molecular flexibility index (Phi) is 12.2. The first-order valence-corrected chi connectivity index (χ1v) is 16.0. The van der Waals surface area contributed by atoms with E-state index in [9.17, 15) is 36.0 Å². The standard InChI is InChI=1S/C26H33Cl2F3N4O7S2/c1-8-16(26(29,30)31)35-44(39,40)15-10-9-13(18(27)19(15)28)20-14(11-25(4,5)42-7)32-22(43-20)21(37)34-33-17(36)12-24(2,3)23(38)41-6/h9-10,16,35H,8,11-12H2,1-7H3,(H,33,36)(H,34,37). The maximum absolute atomic E-state index is 13.3. The van der Waals surface area contributed by atoms with Gasteiger partial charge in [0.25, 0.3) is 5.91 Å². The van der Waals surface area contributed by atoms with Crippen LogP contribution in [0.5, 0.6) is 0 Å². The van der Waals surface area contributed by atoms with Crippen LogP contribution >= 0.6 is 34.5 Å². The Bertz CT molecular complexity index is 1510. The minimum Gasteiger partial charge on any atom is -0.469 e. The first kappa shape index (κ1) is 37.7. The molecule has 0 aliphatic heterocycles. The molecule has 0 spiro atoms. The molecular weight excluding hydrogens is 672 g/mol. The summed E-state index contributed by atoms with van der Waals surface area (Å²) in [4.78, 5) is 41.2. The van der Waals surface area contributed by atoms with Crippen LogP contribution in [-0.4, -0.2) is 63.2 Å². The lowest BCUT2D eigenvalue weighted by Gasteiger charge is -2.22. The zero-order chi connectivity index (χ0) is 33.8. The second-order valence-electron chi connectivity index (χ2n) is 10.9. The third-order valence-electron chi connectivity index (χ3n) is 6.38. The first-order chi connectivity index (χ1) is 20.1. The van der Waals surface area contributed by atoms with Crippen molar-refractivity contribution in [1.29, 1.82) is 0 Å². The van der Waals surface area contributed by atoms with E-state index in [2.05, 4.69) is 20.6 Å². The molecule has 2 aromatic rings. The van der Waals surface area contributed by atoms with Crippen molar-refractivity contribution in [1.82, 2.24) is 20.6 Å². The summed E-state index contributed by atoms with van der Waals surface area (Å²) in [6.07, 6.45) is -5.55. The molecule has 11 nitrogen and oxygen atoms in total. The van der Waals surface area contributed by atoms with E-state index >= 15 is 0 Å². The number of amides is 2. The molecule has 0 aliphatic rings. The Morgan fingerprint density at radius 2 is 1.66 bits per heavy atom. The molecule has 0 radical (unpaired) electrons. The van der Waals surface area contributed by atoms with Gasteiger partial charge in [0.2, 0.25) is 15.9 Å². The van der Waals surface area contributed by atoms with Crippen LogP contribution in [0.25, 0.3) is 10.4 Å². The van der Waals surface area contributed by atoms with Crippen molar-refractivity contribution in [3.8, 4) is 10.4 Å². The molecule has 1 heterocycles. The predicted molar refractivity (Wildman–Crippen MR) is 159 cm³/mol. The normalized spacial score (nSPS) is 13.4. The van der Waals surface area contributed by atoms with Crippen LogP contribution < -0.4 is 15.6 Å². The summed E-state index contributed by atoms with van der Waals surface area (Å²) in [6, 6.07) is -0.102. The van der Waals surface area contributed by atoms with Gasteiger partial charge in [0.15, 0.2) is 5.01 Å². The number of carbonyl (C=O) groups is 3. The smallest absolute Gasteiger partial charge is 0.404 e. The number of hydrogen-bond acceptors (Lipinski definition) is 9. The third kappa shape index (κ3) is 9.26. The van der Waals surface area contributed by atoms with Gasteiger partial charge in [-0.1, -0.05) is 36.2 Å². The molecule has 2 rings (SSSR count). The van der Waals surface area contributed by atoms with E-state index in [0.717, 1.165) is 17.4 Å². The lowest BCUT2D eigenvalue weighted by atomic mass is 9.89. The zero-order valence-corrected chi connectivity index (χ0v) is 28.0. The highest BCUT2D eigenvalue weighted by atomic mass is 35.5. The van der Waals surface area contributed by atoms with Crippen molar-refractivity contribution in [3.05, 3.63) is 32.9 Å². The molecule has 0 fully saturated rings. The molecular formula is C26H33Cl2F3N4O7S2. The number of alkyl halides is 3. The maximum atomic E-state index is 13.3. The SMILES string of the molecule is CCC(NS(=O)(=O)c1ccc(-c2sc(C(=O)NNC(=O)CC(C)(C)C(=O)OC)nc2CC(C)(C)OC)c(Cl)c1Cl)C(F)(F)F. The maximum Gasteiger partial charge on any atom is 0.404 e. The van der Waals surface area contributed by atoms with E-state index in [1.165, 1.54) is 41.1 Å². The zero-order valence-electron chi connectivity index (χ0n) is 24.9. The van der Waals surface area contributed by atoms with Gasteiger partial charge in [-0.3, -0.25) is 25.2 Å². The number of nitrogens with one attached hydrogen (secondary N) is 3. The molecule has 1 aromatic carbocycles. The summed E-state index contributed by atoms with van der Waals surface area (Å²) in [5.41, 5.74) is 2.95. The molecule has 1 atom stereocenters. The first-order valence-electron chi connectivity index (χ1n) is 12.9. The number of esters is 1. The van der Waals surface area contributed by atoms with Gasteiger partial charge in [-0.15, -0.1) is 11.3 Å². The van der Waals surface area contributed by atoms with Crippen molar-refractivity contribution < 1.29 is 45.4 Å². The Hall–Kier alpha value is -2.50. The summed E-state index contributed by atoms with van der Waals surface area (Å²) in [6.45, 7) is 7.67. The van der Waals surface area contributed by atoms with E-state index in [0.29, 0.717) is 10.6 Å². The fourth-order valence-electron chi connectivity index (χ4n) is 3.78. The Labute approximate surface area is 267 Å². The van der Waals surface area contributed by atoms with Crippen molar-refractivity contribution in [3.63, 3.8) is 0 Å². The molecule has 0 saturated heterocycles. The van der Waals surface area contributed by atoms with Crippen LogP contribution in [0.2, 0.25) is 10.0 Å². The Morgan fingerprint density at radius 1 is 1.05 bits per heavy atom. The fourth-order valence-corrected chi connectivity index (χ4v) is 7.01. The van der Waals surface area contributed by atoms with Crippen molar-refractivity contribution >= 4 is 62.3 Å². The lowest BCUT2D eigenvalue weighted by molar-refractivity contribution is -0.153. The average Bonchev–Trinajstić information content (AvgIpc) is 3.32. The van der Waals surface area contributed by atoms with Crippen molar-refractivity contribution in [2.24, 2.45) is 5.41 Å². The van der Waals surface area contributed by atoms with Crippen LogP contribution in [0.15, 0.2) is 17.0 Å². The number of aromatic nitrogens is 1. The van der Waals surface area contributed by atoms with Gasteiger partial charge >= 0.3 is 12.1 Å². The fraction of sp³-hybridized carbons (Fsp3) is 0.538. The van der Waals surface area contributed by atoms with Gasteiger partial charge in [0.05, 0.1) is 38.7 Å². The van der Waals surface area contributed by atoms with Crippen LogP contribution in [0, 0.1) is 5.41 Å². The van der Waals surface area contributed by atoms with E-state index < -0.39 is 67.4 Å². The van der Waals surface area contributed by atoms with E-state index in [4.69, 9.17) is 27.9 Å². The van der Waals surface area contributed by atoms with E-state index in [1.54, 1.807) is 18.6 Å². The summed E-state index contributed by atoms with van der Waals surface area (Å²) in [7, 11) is -2.10. The summed E-state index contributed by atoms with van der Waals surface area (Å²) < 4.78 is 77.2. The topological polar surface area (TPSA) is 153 Å². The number of hydrazine groups is 1. The molecule has 246 valence electrons. The van der Waals surface area contributed by atoms with Gasteiger partial charge in [-0.05, 0) is 40.2 Å². The molecule has 0 bridgehead atoms. The number of thiazole rings is 1. The van der Waals surface area contributed by atoms with E-state index in [-0.39, 0.29) is 28.4 Å². The number of methoxy groups -OCH3 is 2. The molecule has 44 heavy (non-hydrogen) atoms. The minimum atomic E-state index is -4.84. The van der Waals surface area contributed by atoms with Gasteiger partial charge < -0.3 is 9.47 Å². The number of ether oxygens (including phenoxy) is 2. The number of nitrogens with zero attached hydrogens (tertiary/aromatic N) is 1. The van der Waals surface area contributed by atoms with Crippen molar-refractivity contribution in [2.75, 3.05) is 14.2 Å². The number of rotatable bonds is 12. The van der Waals surface area contributed by atoms with Gasteiger partial charge in [0, 0.05) is 25.5 Å².